The van der Waals surface area contributed by atoms with Crippen LogP contribution >= 0.6 is 0 Å². The lowest BCUT2D eigenvalue weighted by Gasteiger charge is -2.12. The molecule has 11 heteroatoms. The van der Waals surface area contributed by atoms with Gasteiger partial charge in [0.1, 0.15) is 5.56 Å². The highest BCUT2D eigenvalue weighted by Gasteiger charge is 2.24. The molecule has 0 aliphatic rings. The van der Waals surface area contributed by atoms with Gasteiger partial charge in [0, 0.05) is 12.6 Å². The van der Waals surface area contributed by atoms with Crippen LogP contribution in [0.2, 0.25) is 0 Å². The molecule has 0 spiro atoms. The number of hydrogen-bond acceptors (Lipinski definition) is 7. The van der Waals surface area contributed by atoms with E-state index < -0.39 is 26.5 Å². The monoisotopic (exact) mass is 423 g/mol. The molecule has 0 bridgehead atoms. The molecular formula is C18H21N3O7S. The van der Waals surface area contributed by atoms with Crippen LogP contribution < -0.4 is 19.5 Å². The Morgan fingerprint density at radius 3 is 2.34 bits per heavy atom. The second-order valence-electron chi connectivity index (χ2n) is 5.74. The van der Waals surface area contributed by atoms with Crippen molar-refractivity contribution in [3.05, 3.63) is 57.6 Å². The van der Waals surface area contributed by atoms with Gasteiger partial charge in [-0.15, -0.1) is 0 Å². The van der Waals surface area contributed by atoms with Crippen LogP contribution in [0.25, 0.3) is 0 Å². The minimum absolute atomic E-state index is 0.0475. The third-order valence-corrected chi connectivity index (χ3v) is 5.41. The number of ether oxygens (including phenoxy) is 2. The summed E-state index contributed by atoms with van der Waals surface area (Å²) < 4.78 is 36.1. The molecule has 0 atom stereocenters. The minimum Gasteiger partial charge on any atom is -0.493 e. The highest BCUT2D eigenvalue weighted by Crippen LogP contribution is 2.34. The number of carbonyl (C=O) groups excluding carboxylic acids is 1. The zero-order valence-corrected chi connectivity index (χ0v) is 16.9. The SMILES string of the molecule is CCOc1cc(C(=O)NCc2ccc(S(=O)(=O)NC)cc2)c([N+](=O)[O-])cc1OC. The Balaban J connectivity index is 2.24. The molecule has 29 heavy (non-hydrogen) atoms. The number of nitrogens with one attached hydrogen (secondary N) is 2. The first-order chi connectivity index (χ1) is 13.7. The topological polar surface area (TPSA) is 137 Å². The number of nitrogens with zero attached hydrogens (tertiary/aromatic N) is 1. The lowest BCUT2D eigenvalue weighted by atomic mass is 10.1. The van der Waals surface area contributed by atoms with E-state index in [9.17, 15) is 23.3 Å². The van der Waals surface area contributed by atoms with Crippen LogP contribution in [0, 0.1) is 10.1 Å². The Bertz CT molecular complexity index is 1000. The number of amides is 1. The van der Waals surface area contributed by atoms with Gasteiger partial charge in [-0.05, 0) is 31.7 Å². The van der Waals surface area contributed by atoms with Gasteiger partial charge in [0.05, 0.1) is 29.6 Å². The third-order valence-electron chi connectivity index (χ3n) is 3.98. The second kappa shape index (κ2) is 9.34. The van der Waals surface area contributed by atoms with Crippen LogP contribution in [0.4, 0.5) is 5.69 Å². The van der Waals surface area contributed by atoms with Crippen LogP contribution in [0.5, 0.6) is 11.5 Å². The molecule has 0 aromatic heterocycles. The Morgan fingerprint density at radius 1 is 1.17 bits per heavy atom. The van der Waals surface area contributed by atoms with Gasteiger partial charge in [0.25, 0.3) is 11.6 Å². The average molecular weight is 423 g/mol. The molecule has 0 aliphatic heterocycles. The fourth-order valence-electron chi connectivity index (χ4n) is 2.49. The smallest absolute Gasteiger partial charge is 0.286 e. The molecule has 0 heterocycles. The Kier molecular flexibility index (Phi) is 7.13. The van der Waals surface area contributed by atoms with Crippen molar-refractivity contribution in [2.24, 2.45) is 0 Å². The standard InChI is InChI=1S/C18H21N3O7S/c1-4-28-17-9-14(15(21(23)24)10-16(17)27-3)18(22)20-11-12-5-7-13(8-6-12)29(25,26)19-2/h5-10,19H,4,11H2,1-3H3,(H,20,22). The maximum Gasteiger partial charge on any atom is 0.286 e. The van der Waals surface area contributed by atoms with E-state index in [1.54, 1.807) is 19.1 Å². The van der Waals surface area contributed by atoms with Gasteiger partial charge in [-0.3, -0.25) is 14.9 Å². The van der Waals surface area contributed by atoms with Gasteiger partial charge < -0.3 is 14.8 Å². The van der Waals surface area contributed by atoms with Crippen LogP contribution in [0.3, 0.4) is 0 Å². The normalized spacial score (nSPS) is 11.0. The summed E-state index contributed by atoms with van der Waals surface area (Å²) in [4.78, 5) is 23.3. The highest BCUT2D eigenvalue weighted by atomic mass is 32.2. The number of methoxy groups -OCH3 is 1. The summed E-state index contributed by atoms with van der Waals surface area (Å²) >= 11 is 0. The van der Waals surface area contributed by atoms with E-state index in [1.165, 1.54) is 32.4 Å². The molecule has 0 aliphatic carbocycles. The molecule has 2 rings (SSSR count). The molecule has 10 nitrogen and oxygen atoms in total. The molecule has 0 saturated carbocycles. The largest absolute Gasteiger partial charge is 0.493 e. The first-order valence-corrected chi connectivity index (χ1v) is 10.0. The molecule has 0 radical (unpaired) electrons. The van der Waals surface area contributed by atoms with Gasteiger partial charge in [-0.2, -0.15) is 0 Å². The van der Waals surface area contributed by atoms with Crippen LogP contribution in [0.1, 0.15) is 22.8 Å². The molecule has 0 fully saturated rings. The number of benzene rings is 2. The maximum absolute atomic E-state index is 12.6. The Hall–Kier alpha value is -3.18. The summed E-state index contributed by atoms with van der Waals surface area (Å²) in [5.74, 6) is -0.309. The summed E-state index contributed by atoms with van der Waals surface area (Å²) in [5, 5.41) is 13.9. The second-order valence-corrected chi connectivity index (χ2v) is 7.63. The van der Waals surface area contributed by atoms with Gasteiger partial charge in [0.2, 0.25) is 10.0 Å². The van der Waals surface area contributed by atoms with E-state index in [-0.39, 0.29) is 35.1 Å². The van der Waals surface area contributed by atoms with E-state index >= 15 is 0 Å². The molecular weight excluding hydrogens is 402 g/mol. The summed E-state index contributed by atoms with van der Waals surface area (Å²) in [7, 11) is -0.906. The minimum atomic E-state index is -3.56. The van der Waals surface area contributed by atoms with Crippen molar-refractivity contribution in [3.63, 3.8) is 0 Å². The number of carbonyl (C=O) groups is 1. The van der Waals surface area contributed by atoms with Gasteiger partial charge >= 0.3 is 0 Å². The highest BCUT2D eigenvalue weighted by molar-refractivity contribution is 7.89. The van der Waals surface area contributed by atoms with E-state index in [4.69, 9.17) is 9.47 Å². The predicted molar refractivity (Wildman–Crippen MR) is 105 cm³/mol. The number of hydrogen-bond donors (Lipinski definition) is 2. The maximum atomic E-state index is 12.6. The van der Waals surface area contributed by atoms with Crippen molar-refractivity contribution in [1.29, 1.82) is 0 Å². The van der Waals surface area contributed by atoms with Crippen molar-refractivity contribution in [2.45, 2.75) is 18.4 Å². The van der Waals surface area contributed by atoms with Crippen molar-refractivity contribution in [2.75, 3.05) is 20.8 Å². The lowest BCUT2D eigenvalue weighted by Crippen LogP contribution is -2.24. The van der Waals surface area contributed by atoms with Gasteiger partial charge in [0.15, 0.2) is 11.5 Å². The summed E-state index contributed by atoms with van der Waals surface area (Å²) in [6, 6.07) is 8.28. The van der Waals surface area contributed by atoms with Crippen molar-refractivity contribution in [1.82, 2.24) is 10.0 Å². The van der Waals surface area contributed by atoms with E-state index in [1.807, 2.05) is 0 Å². The molecule has 1 amide bonds. The van der Waals surface area contributed by atoms with E-state index in [0.717, 1.165) is 6.07 Å². The van der Waals surface area contributed by atoms with E-state index in [0.29, 0.717) is 5.56 Å². The third kappa shape index (κ3) is 5.21. The van der Waals surface area contributed by atoms with Crippen molar-refractivity contribution in [3.8, 4) is 11.5 Å². The first kappa shape index (κ1) is 22.1. The van der Waals surface area contributed by atoms with Crippen LogP contribution in [0.15, 0.2) is 41.3 Å². The zero-order valence-electron chi connectivity index (χ0n) is 16.1. The molecule has 2 aromatic rings. The van der Waals surface area contributed by atoms with Gasteiger partial charge in [-0.1, -0.05) is 12.1 Å². The fraction of sp³-hybridized carbons (Fsp3) is 0.278. The Labute approximate surface area is 168 Å². The first-order valence-electron chi connectivity index (χ1n) is 8.53. The molecule has 2 aromatic carbocycles. The number of sulfonamides is 1. The fourth-order valence-corrected chi connectivity index (χ4v) is 3.22. The number of nitro groups is 1. The zero-order chi connectivity index (χ0) is 21.6. The quantitative estimate of drug-likeness (QED) is 0.464. The molecule has 0 unspecified atom stereocenters. The van der Waals surface area contributed by atoms with Crippen molar-refractivity contribution >= 4 is 21.6 Å². The predicted octanol–water partition coefficient (Wildman–Crippen LogP) is 1.84. The molecule has 0 saturated heterocycles. The summed E-state index contributed by atoms with van der Waals surface area (Å²) in [5.41, 5.74) is 0.0292. The average Bonchev–Trinajstić information content (AvgIpc) is 2.72. The van der Waals surface area contributed by atoms with Crippen molar-refractivity contribution < 1.29 is 27.6 Å². The molecule has 2 N–H and O–H groups in total. The van der Waals surface area contributed by atoms with Gasteiger partial charge in [-0.25, -0.2) is 13.1 Å². The van der Waals surface area contributed by atoms with Crippen LogP contribution in [-0.2, 0) is 16.6 Å². The summed E-state index contributed by atoms with van der Waals surface area (Å²) in [6.07, 6.45) is 0. The summed E-state index contributed by atoms with van der Waals surface area (Å²) in [6.45, 7) is 2.07. The van der Waals surface area contributed by atoms with E-state index in [2.05, 4.69) is 10.0 Å². The lowest BCUT2D eigenvalue weighted by molar-refractivity contribution is -0.385. The number of nitro benzene ring substituents is 1. The molecule has 156 valence electrons. The number of rotatable bonds is 9. The Morgan fingerprint density at radius 2 is 1.83 bits per heavy atom. The van der Waals surface area contributed by atoms with Crippen LogP contribution in [-0.4, -0.2) is 40.0 Å².